The molecule has 21 heavy (non-hydrogen) atoms. The summed E-state index contributed by atoms with van der Waals surface area (Å²) in [7, 11) is -3.49. The van der Waals surface area contributed by atoms with E-state index in [1.54, 1.807) is 22.5 Å². The average Bonchev–Trinajstić information content (AvgIpc) is 3.18. The molecule has 0 spiro atoms. The van der Waals surface area contributed by atoms with Crippen molar-refractivity contribution in [2.75, 3.05) is 13.1 Å². The van der Waals surface area contributed by atoms with Gasteiger partial charge in [-0.05, 0) is 56.0 Å². The zero-order valence-electron chi connectivity index (χ0n) is 11.6. The molecule has 3 heterocycles. The second kappa shape index (κ2) is 4.54. The molecule has 3 aliphatic heterocycles. The van der Waals surface area contributed by atoms with Crippen LogP contribution in [0.25, 0.3) is 0 Å². The molecule has 0 aromatic heterocycles. The van der Waals surface area contributed by atoms with Crippen LogP contribution in [0.1, 0.15) is 18.4 Å². The molecule has 0 saturated carbocycles. The maximum absolute atomic E-state index is 13.0. The van der Waals surface area contributed by atoms with Crippen molar-refractivity contribution in [2.24, 2.45) is 11.8 Å². The molecular weight excluding hydrogens is 286 g/mol. The van der Waals surface area contributed by atoms with Gasteiger partial charge in [0, 0.05) is 12.1 Å². The Hall–Kier alpha value is -1.42. The van der Waals surface area contributed by atoms with Crippen LogP contribution < -0.4 is 5.32 Å². The van der Waals surface area contributed by atoms with Gasteiger partial charge in [-0.3, -0.25) is 0 Å². The molecule has 0 unspecified atom stereocenters. The van der Waals surface area contributed by atoms with Gasteiger partial charge in [0.2, 0.25) is 10.0 Å². The molecule has 1 aromatic rings. The van der Waals surface area contributed by atoms with Gasteiger partial charge in [-0.2, -0.15) is 9.57 Å². The van der Waals surface area contributed by atoms with Crippen molar-refractivity contribution in [3.8, 4) is 6.07 Å². The van der Waals surface area contributed by atoms with Crippen LogP contribution in [0.15, 0.2) is 29.2 Å². The van der Waals surface area contributed by atoms with E-state index in [1.807, 2.05) is 6.07 Å². The molecule has 0 amide bonds. The van der Waals surface area contributed by atoms with Gasteiger partial charge in [0.1, 0.15) is 0 Å². The highest BCUT2D eigenvalue weighted by atomic mass is 32.2. The lowest BCUT2D eigenvalue weighted by Crippen LogP contribution is -2.39. The molecule has 6 heteroatoms. The second-order valence-corrected chi connectivity index (χ2v) is 8.02. The lowest BCUT2D eigenvalue weighted by atomic mass is 9.82. The van der Waals surface area contributed by atoms with E-state index in [9.17, 15) is 8.42 Å². The normalized spacial score (nSPS) is 34.8. The molecule has 3 saturated heterocycles. The Bertz CT molecular complexity index is 707. The van der Waals surface area contributed by atoms with Crippen LogP contribution in [0.2, 0.25) is 0 Å². The molecule has 4 rings (SSSR count). The Morgan fingerprint density at radius 2 is 1.86 bits per heavy atom. The highest BCUT2D eigenvalue weighted by Crippen LogP contribution is 2.49. The minimum absolute atomic E-state index is 0.130. The van der Waals surface area contributed by atoms with Crippen LogP contribution >= 0.6 is 0 Å². The van der Waals surface area contributed by atoms with E-state index >= 15 is 0 Å². The lowest BCUT2D eigenvalue weighted by molar-refractivity contribution is 0.354. The Morgan fingerprint density at radius 1 is 1.19 bits per heavy atom. The van der Waals surface area contributed by atoms with Crippen LogP contribution in [0.4, 0.5) is 0 Å². The van der Waals surface area contributed by atoms with Gasteiger partial charge in [0.25, 0.3) is 0 Å². The number of hydrogen-bond acceptors (Lipinski definition) is 4. The predicted molar refractivity (Wildman–Crippen MR) is 76.8 cm³/mol. The zero-order chi connectivity index (χ0) is 14.6. The number of nitrogens with one attached hydrogen (secondary N) is 1. The average molecular weight is 303 g/mol. The smallest absolute Gasteiger partial charge is 0.243 e. The van der Waals surface area contributed by atoms with Crippen LogP contribution in [0, 0.1) is 23.2 Å². The fourth-order valence-electron chi connectivity index (χ4n) is 4.41. The Labute approximate surface area is 124 Å². The maximum Gasteiger partial charge on any atom is 0.243 e. The first kappa shape index (κ1) is 13.3. The van der Waals surface area contributed by atoms with Crippen LogP contribution in [0.3, 0.4) is 0 Å². The SMILES string of the molecule is N#Cc1cccc(S(=O)(=O)N2[C@@H]3CC[C@H]2[C@H]2CNC[C@H]23)c1. The summed E-state index contributed by atoms with van der Waals surface area (Å²) in [6.07, 6.45) is 1.93. The first-order chi connectivity index (χ1) is 10.1. The van der Waals surface area contributed by atoms with Gasteiger partial charge in [0.05, 0.1) is 16.5 Å². The van der Waals surface area contributed by atoms with Gasteiger partial charge in [0.15, 0.2) is 0 Å². The van der Waals surface area contributed by atoms with Crippen LogP contribution in [-0.2, 0) is 10.0 Å². The Balaban J connectivity index is 1.74. The molecule has 0 aliphatic carbocycles. The van der Waals surface area contributed by atoms with E-state index in [1.165, 1.54) is 6.07 Å². The maximum atomic E-state index is 13.0. The highest BCUT2D eigenvalue weighted by molar-refractivity contribution is 7.89. The molecule has 3 aliphatic rings. The van der Waals surface area contributed by atoms with Crippen molar-refractivity contribution in [1.82, 2.24) is 9.62 Å². The number of sulfonamides is 1. The molecule has 1 aromatic carbocycles. The van der Waals surface area contributed by atoms with Crippen molar-refractivity contribution in [2.45, 2.75) is 29.8 Å². The van der Waals surface area contributed by atoms with Crippen LogP contribution in [-0.4, -0.2) is 37.9 Å². The number of hydrogen-bond donors (Lipinski definition) is 1. The number of nitriles is 1. The molecule has 2 bridgehead atoms. The minimum Gasteiger partial charge on any atom is -0.316 e. The third kappa shape index (κ3) is 1.78. The van der Waals surface area contributed by atoms with Crippen molar-refractivity contribution in [1.29, 1.82) is 5.26 Å². The highest BCUT2D eigenvalue weighted by Gasteiger charge is 2.58. The van der Waals surface area contributed by atoms with Gasteiger partial charge in [-0.1, -0.05) is 6.07 Å². The topological polar surface area (TPSA) is 73.2 Å². The summed E-state index contributed by atoms with van der Waals surface area (Å²) < 4.78 is 27.7. The number of fused-ring (bicyclic) bond motifs is 5. The Kier molecular flexibility index (Phi) is 2.86. The Morgan fingerprint density at radius 3 is 2.48 bits per heavy atom. The monoisotopic (exact) mass is 303 g/mol. The summed E-state index contributed by atoms with van der Waals surface area (Å²) in [6.45, 7) is 1.85. The number of benzene rings is 1. The second-order valence-electron chi connectivity index (χ2n) is 6.17. The molecule has 0 radical (unpaired) electrons. The van der Waals surface area contributed by atoms with Gasteiger partial charge in [-0.25, -0.2) is 8.42 Å². The molecule has 4 atom stereocenters. The van der Waals surface area contributed by atoms with E-state index in [-0.39, 0.29) is 17.0 Å². The van der Waals surface area contributed by atoms with E-state index in [0.29, 0.717) is 17.4 Å². The quantitative estimate of drug-likeness (QED) is 0.882. The van der Waals surface area contributed by atoms with E-state index in [2.05, 4.69) is 5.32 Å². The fraction of sp³-hybridized carbons (Fsp3) is 0.533. The summed E-state index contributed by atoms with van der Waals surface area (Å²) in [5.41, 5.74) is 0.393. The van der Waals surface area contributed by atoms with Gasteiger partial charge in [-0.15, -0.1) is 0 Å². The fourth-order valence-corrected chi connectivity index (χ4v) is 6.42. The third-order valence-corrected chi connectivity index (χ3v) is 7.20. The van der Waals surface area contributed by atoms with Gasteiger partial charge < -0.3 is 5.32 Å². The summed E-state index contributed by atoms with van der Waals surface area (Å²) in [5.74, 6) is 0.912. The zero-order valence-corrected chi connectivity index (χ0v) is 12.4. The largest absolute Gasteiger partial charge is 0.316 e. The van der Waals surface area contributed by atoms with Crippen LogP contribution in [0.5, 0.6) is 0 Å². The summed E-state index contributed by atoms with van der Waals surface area (Å²) >= 11 is 0. The van der Waals surface area contributed by atoms with E-state index < -0.39 is 10.0 Å². The molecule has 5 nitrogen and oxygen atoms in total. The van der Waals surface area contributed by atoms with E-state index in [4.69, 9.17) is 5.26 Å². The van der Waals surface area contributed by atoms with Crippen molar-refractivity contribution in [3.05, 3.63) is 29.8 Å². The first-order valence-electron chi connectivity index (χ1n) is 7.37. The number of nitrogens with zero attached hydrogens (tertiary/aromatic N) is 2. The molecule has 110 valence electrons. The molecular formula is C15H17N3O2S. The predicted octanol–water partition coefficient (Wildman–Crippen LogP) is 0.929. The van der Waals surface area contributed by atoms with Crippen molar-refractivity contribution < 1.29 is 8.42 Å². The first-order valence-corrected chi connectivity index (χ1v) is 8.81. The summed E-state index contributed by atoms with van der Waals surface area (Å²) in [5, 5.41) is 12.4. The lowest BCUT2D eigenvalue weighted by Gasteiger charge is -2.24. The summed E-state index contributed by atoms with van der Waals surface area (Å²) in [6, 6.07) is 8.64. The summed E-state index contributed by atoms with van der Waals surface area (Å²) in [4.78, 5) is 0.256. The van der Waals surface area contributed by atoms with E-state index in [0.717, 1.165) is 25.9 Å². The molecule has 1 N–H and O–H groups in total. The third-order valence-electron chi connectivity index (χ3n) is 5.25. The van der Waals surface area contributed by atoms with Crippen molar-refractivity contribution in [3.63, 3.8) is 0 Å². The van der Waals surface area contributed by atoms with Crippen molar-refractivity contribution >= 4 is 10.0 Å². The minimum atomic E-state index is -3.49. The standard InChI is InChI=1S/C15H17N3O2S/c16-7-10-2-1-3-11(6-10)21(19,20)18-14-4-5-15(18)13-9-17-8-12(13)14/h1-3,6,12-15,17H,4-5,8-9H2/t12-,13+,14-,15+. The molecule has 3 fully saturated rings. The number of rotatable bonds is 2. The van der Waals surface area contributed by atoms with Gasteiger partial charge >= 0.3 is 0 Å².